The molecule has 0 bridgehead atoms. The van der Waals surface area contributed by atoms with Crippen LogP contribution in [-0.2, 0) is 75.2 Å². The van der Waals surface area contributed by atoms with E-state index in [0.717, 1.165) is 15.4 Å². The fraction of sp³-hybridized carbons (Fsp3) is 0.600. The Morgan fingerprint density at radius 2 is 1.25 bits per heavy atom. The number of rotatable bonds is 35. The van der Waals surface area contributed by atoms with Crippen LogP contribution in [0.3, 0.4) is 0 Å². The fourth-order valence-corrected chi connectivity index (χ4v) is 9.88. The lowest BCUT2D eigenvalue weighted by atomic mass is 10.1. The number of nitrogens with one attached hydrogen (secondary N) is 6. The number of carbonyl (C=O) groups is 10. The first-order valence-corrected chi connectivity index (χ1v) is 31.7. The van der Waals surface area contributed by atoms with Gasteiger partial charge in [-0.05, 0) is 88.5 Å². The maximum absolute atomic E-state index is 12.4. The van der Waals surface area contributed by atoms with Gasteiger partial charge in [0.25, 0.3) is 10.1 Å². The van der Waals surface area contributed by atoms with Crippen molar-refractivity contribution in [3.63, 3.8) is 0 Å². The molecule has 0 saturated carbocycles. The van der Waals surface area contributed by atoms with E-state index >= 15 is 0 Å². The van der Waals surface area contributed by atoms with E-state index in [9.17, 15) is 65.1 Å². The van der Waals surface area contributed by atoms with E-state index in [2.05, 4.69) is 64.1 Å². The lowest BCUT2D eigenvalue weighted by molar-refractivity contribution is -0.140. The number of unbranched alkanes of at least 4 members (excludes halogenated alkanes) is 4. The van der Waals surface area contributed by atoms with E-state index in [-0.39, 0.29) is 118 Å². The van der Waals surface area contributed by atoms with Crippen LogP contribution in [0, 0.1) is 31.6 Å². The number of carbonyl (C=O) groups excluding carboxylic acids is 10. The number of hydrogen-bond acceptors (Lipinski definition) is 18. The zero-order chi connectivity index (χ0) is 65.2. The van der Waals surface area contributed by atoms with Crippen molar-refractivity contribution in [1.82, 2.24) is 56.7 Å². The molecule has 0 spiro atoms. The topological polar surface area (TPSA) is 372 Å². The van der Waals surface area contributed by atoms with Gasteiger partial charge in [-0.1, -0.05) is 28.0 Å². The predicted octanol–water partition coefficient (Wildman–Crippen LogP) is 2.37. The molecule has 10 amide bonds. The van der Waals surface area contributed by atoms with Crippen molar-refractivity contribution in [2.45, 2.75) is 137 Å². The summed E-state index contributed by atoms with van der Waals surface area (Å²) < 4.78 is 52.8. The fourth-order valence-electron chi connectivity index (χ4n) is 7.66. The minimum Gasteiger partial charge on any atom is -0.357 e. The molecule has 0 aliphatic carbocycles. The summed E-state index contributed by atoms with van der Waals surface area (Å²) in [4.78, 5) is 125. The number of imide groups is 2. The summed E-state index contributed by atoms with van der Waals surface area (Å²) in [5, 5.41) is 25.5. The third-order valence-corrected chi connectivity index (χ3v) is 15.6. The number of alkyl halides is 2. The number of aromatic nitrogens is 3. The second-order valence-corrected chi connectivity index (χ2v) is 22.6. The first kappa shape index (κ1) is 77.4. The predicted molar refractivity (Wildman–Crippen MR) is 322 cm³/mol. The number of benzene rings is 1. The molecule has 2 aliphatic heterocycles. The van der Waals surface area contributed by atoms with Crippen LogP contribution < -0.4 is 31.9 Å². The number of terminal acetylenes is 2. The molecular weight excluding hydrogens is 1200 g/mol. The van der Waals surface area contributed by atoms with E-state index in [1.807, 2.05) is 6.92 Å². The smallest absolute Gasteiger partial charge is 0.296 e. The van der Waals surface area contributed by atoms with Gasteiger partial charge in [-0.15, -0.1) is 29.8 Å². The van der Waals surface area contributed by atoms with Gasteiger partial charge in [0, 0.05) is 96.3 Å². The van der Waals surface area contributed by atoms with Crippen molar-refractivity contribution < 1.29 is 69.3 Å². The largest absolute Gasteiger partial charge is 0.357 e. The standard InChI is InChI=1S/C21H32FN7O5S.C17H27N7O5S.C12H14O3S.C5H7F/c1-23-20(33)15(25-17(30)7-10-29-19(32)11-16(35-2)21(29)34)5-3-4-9-24-18(31)13-28-12-14(6-8-22)26-27-28;1-19-16(28)11(5-3-4-7-20-14(26)10-21-23-18)22-13(25)6-8-24-15(27)9-12(30-2)17(24)29;1-3-4-5-10-15-16(13,14)12-8-6-11(2)7-9-12;1-2-3-4-5-6/h12,15-16H,3-11,13H2,1-2H3,(H,23,33)(H,24,31)(H,25,30);11-12H,3-10H2,1-2H3,(H,19,28)(H,20,26)(H,22,25);1,6-9H,4-5,10H2,2H3;1H,3-5H2/t15-,16?;11-,12?;;/m00../s1/i22-1;;;6-1. The maximum Gasteiger partial charge on any atom is 0.296 e. The summed E-state index contributed by atoms with van der Waals surface area (Å²) in [5.41, 5.74) is 9.63. The van der Waals surface area contributed by atoms with Gasteiger partial charge in [0.15, 0.2) is 0 Å². The zero-order valence-electron chi connectivity index (χ0n) is 49.7. The number of hydrogen-bond donors (Lipinski definition) is 6. The van der Waals surface area contributed by atoms with Crippen LogP contribution in [0.2, 0.25) is 0 Å². The van der Waals surface area contributed by atoms with Crippen LogP contribution in [0.25, 0.3) is 10.4 Å². The monoisotopic (exact) mass is 1280 g/mol. The van der Waals surface area contributed by atoms with Crippen LogP contribution in [0.5, 0.6) is 0 Å². The Hall–Kier alpha value is -7.64. The third kappa shape index (κ3) is 31.5. The second kappa shape index (κ2) is 44.8. The summed E-state index contributed by atoms with van der Waals surface area (Å²) in [6, 6.07) is 5.01. The Morgan fingerprint density at radius 1 is 0.759 bits per heavy atom. The molecule has 1 aromatic carbocycles. The van der Waals surface area contributed by atoms with Crippen LogP contribution in [0.1, 0.15) is 101 Å². The molecule has 1 aromatic heterocycles. The first-order chi connectivity index (χ1) is 41.6. The molecule has 27 nitrogen and oxygen atoms in total. The highest BCUT2D eigenvalue weighted by atomic mass is 32.2. The number of azide groups is 1. The number of nitrogens with zero attached hydrogens (tertiary/aromatic N) is 8. The summed E-state index contributed by atoms with van der Waals surface area (Å²) in [6.07, 6.45) is 20.2. The second-order valence-electron chi connectivity index (χ2n) is 18.9. The van der Waals surface area contributed by atoms with E-state index in [0.29, 0.717) is 83.0 Å². The average Bonchev–Trinajstić information content (AvgIpc) is 2.56. The molecule has 4 atom stereocenters. The quantitative estimate of drug-likeness (QED) is 0.0110. The highest BCUT2D eigenvalue weighted by Crippen LogP contribution is 2.24. The van der Waals surface area contributed by atoms with Crippen molar-refractivity contribution >= 4 is 92.7 Å². The number of likely N-dealkylation sites (tertiary alicyclic amines) is 2. The summed E-state index contributed by atoms with van der Waals surface area (Å²) in [6.45, 7) is 1.57. The number of thioether (sulfide) groups is 2. The lowest BCUT2D eigenvalue weighted by Crippen LogP contribution is -2.46. The number of halogens is 2. The molecule has 32 heteroatoms. The summed E-state index contributed by atoms with van der Waals surface area (Å²) in [5.74, 6) is 1.36. The Morgan fingerprint density at radius 3 is 1.68 bits per heavy atom. The number of likely N-dealkylation sites (N-methyl/N-ethyl adjacent to an activating group) is 2. The Balaban J connectivity index is 0.000000655. The van der Waals surface area contributed by atoms with Crippen LogP contribution in [-0.4, -0.2) is 194 Å². The van der Waals surface area contributed by atoms with Crippen molar-refractivity contribution in [2.24, 2.45) is 5.11 Å². The highest BCUT2D eigenvalue weighted by molar-refractivity contribution is 8.00. The van der Waals surface area contributed by atoms with Gasteiger partial charge >= 0.3 is 0 Å². The highest BCUT2D eigenvalue weighted by Gasteiger charge is 2.39. The molecule has 3 heterocycles. The molecule has 2 aromatic rings. The number of aryl methyl sites for hydroxylation is 2. The molecule has 0 radical (unpaired) electrons. The first-order valence-electron chi connectivity index (χ1n) is 27.7. The Bertz CT molecular complexity index is 2810. The molecule has 2 saturated heterocycles. The molecule has 6 N–H and O–H groups in total. The molecule has 4 rings (SSSR count). The van der Waals surface area contributed by atoms with Gasteiger partial charge in [-0.25, -0.2) is 4.68 Å². The van der Waals surface area contributed by atoms with Gasteiger partial charge in [0.05, 0.1) is 41.0 Å². The SMILES string of the molecule is C#CCCCOS(=O)(=O)c1ccc(C)cc1.C#CCCC[18F].CNC(=O)[C@H](CCCCNC(=O)CN=[N+]=[N-])NC(=O)CCN1C(=O)CC(SC)C1=O.CNC(=O)[C@H](CCCCNC(=O)Cn1cc(CC[18F])nn1)NC(=O)CCN1C(=O)CC(SC)C1=O. The van der Waals surface area contributed by atoms with Crippen molar-refractivity contribution in [3.05, 3.63) is 52.2 Å². The van der Waals surface area contributed by atoms with E-state index in [4.69, 9.17) is 22.6 Å². The number of amides is 10. The maximum atomic E-state index is 12.4. The molecule has 2 fully saturated rings. The average molecular weight is 1280 g/mol. The molecule has 480 valence electrons. The van der Waals surface area contributed by atoms with E-state index in [1.54, 1.807) is 24.6 Å². The van der Waals surface area contributed by atoms with E-state index < -0.39 is 57.1 Å². The third-order valence-electron chi connectivity index (χ3n) is 12.4. The Labute approximate surface area is 515 Å². The van der Waals surface area contributed by atoms with Crippen molar-refractivity contribution in [3.8, 4) is 24.7 Å². The van der Waals surface area contributed by atoms with Gasteiger partial charge < -0.3 is 31.9 Å². The molecular formula is C55H80F2N14O13S3. The van der Waals surface area contributed by atoms with Crippen molar-refractivity contribution in [2.75, 3.05) is 79.3 Å². The molecule has 2 aliphatic rings. The molecule has 2 unspecified atom stereocenters. The zero-order valence-corrected chi connectivity index (χ0v) is 52.1. The molecule has 87 heavy (non-hydrogen) atoms. The van der Waals surface area contributed by atoms with Crippen LogP contribution in [0.4, 0.5) is 8.78 Å². The summed E-state index contributed by atoms with van der Waals surface area (Å²) >= 11 is 2.61. The lowest BCUT2D eigenvalue weighted by Gasteiger charge is -2.19. The van der Waals surface area contributed by atoms with Gasteiger partial charge in [-0.2, -0.15) is 31.9 Å². The van der Waals surface area contributed by atoms with E-state index in [1.165, 1.54) is 60.6 Å². The minimum absolute atomic E-state index is 0.0156. The normalized spacial score (nSPS) is 14.8. The van der Waals surface area contributed by atoms with Gasteiger partial charge in [-0.3, -0.25) is 70.7 Å². The van der Waals surface area contributed by atoms with Gasteiger partial charge in [0.1, 0.15) is 25.2 Å². The van der Waals surface area contributed by atoms with Crippen LogP contribution in [0.15, 0.2) is 40.5 Å². The minimum atomic E-state index is -3.63. The van der Waals surface area contributed by atoms with Crippen molar-refractivity contribution in [1.29, 1.82) is 0 Å². The Kier molecular flexibility index (Phi) is 39.8. The van der Waals surface area contributed by atoms with Crippen LogP contribution >= 0.6 is 23.5 Å². The summed E-state index contributed by atoms with van der Waals surface area (Å²) in [7, 11) is -0.699. The van der Waals surface area contributed by atoms with Gasteiger partial charge in [0.2, 0.25) is 59.1 Å².